The molecule has 1 aromatic rings. The number of β-lactam (4-membered cyclic amide) rings is 1. The number of halogens is 3. The number of hydrogen-bond donors (Lipinski definition) is 4. The molecule has 19 heteroatoms. The summed E-state index contributed by atoms with van der Waals surface area (Å²) in [6, 6.07) is 4.65. The van der Waals surface area contributed by atoms with Gasteiger partial charge in [0.2, 0.25) is 9.70 Å². The van der Waals surface area contributed by atoms with Crippen LogP contribution in [-0.4, -0.2) is 82.4 Å². The fourth-order valence-electron chi connectivity index (χ4n) is 3.61. The number of hydrogen-bond acceptors (Lipinski definition) is 10. The standard InChI is InChI=1S/C21H21Cl3N4O10S2/c1-10(29)37-7-12-8-39-18-14(17(31)28(18)15(12)19(32)33)25-16(30)13(11-5-3-2-4-6-11)26-40(35,36)27-20(34)38-9-21(22,23)24/h2-6,13-14,18,26H,7-9H2,1H3,(H,25,30)(H,27,34)(H,32,33)/t13?,14-,18-/m1/s1. The predicted octanol–water partition coefficient (Wildman–Crippen LogP) is 0.960. The average Bonchev–Trinajstić information content (AvgIpc) is 2.86. The van der Waals surface area contributed by atoms with Gasteiger partial charge >= 0.3 is 28.2 Å². The van der Waals surface area contributed by atoms with Crippen molar-refractivity contribution >= 4 is 86.6 Å². The van der Waals surface area contributed by atoms with Crippen LogP contribution in [0, 0.1) is 0 Å². The molecule has 4 N–H and O–H groups in total. The van der Waals surface area contributed by atoms with Gasteiger partial charge in [-0.05, 0) is 5.56 Å². The van der Waals surface area contributed by atoms with Gasteiger partial charge in [-0.2, -0.15) is 13.1 Å². The summed E-state index contributed by atoms with van der Waals surface area (Å²) >= 11 is 17.5. The van der Waals surface area contributed by atoms with Gasteiger partial charge in [-0.1, -0.05) is 65.1 Å². The molecule has 3 amide bonds. The van der Waals surface area contributed by atoms with Crippen molar-refractivity contribution in [3.8, 4) is 0 Å². The van der Waals surface area contributed by atoms with E-state index >= 15 is 0 Å². The molecule has 0 bridgehead atoms. The van der Waals surface area contributed by atoms with Crippen molar-refractivity contribution in [2.24, 2.45) is 0 Å². The molecule has 0 spiro atoms. The first kappa shape index (κ1) is 31.8. The van der Waals surface area contributed by atoms with E-state index in [1.165, 1.54) is 29.0 Å². The first-order valence-corrected chi connectivity index (χ1v) is 14.7. The van der Waals surface area contributed by atoms with Gasteiger partial charge in [0.15, 0.2) is 0 Å². The van der Waals surface area contributed by atoms with Crippen molar-refractivity contribution in [3.05, 3.63) is 47.2 Å². The van der Waals surface area contributed by atoms with Crippen LogP contribution >= 0.6 is 46.6 Å². The zero-order valence-corrected chi connectivity index (χ0v) is 24.2. The molecule has 3 atom stereocenters. The molecule has 1 fully saturated rings. The number of fused-ring (bicyclic) bond motifs is 1. The lowest BCUT2D eigenvalue weighted by Gasteiger charge is -2.49. The van der Waals surface area contributed by atoms with Crippen LogP contribution in [0.4, 0.5) is 4.79 Å². The van der Waals surface area contributed by atoms with Crippen molar-refractivity contribution in [2.45, 2.75) is 28.2 Å². The number of esters is 1. The minimum absolute atomic E-state index is 0.0880. The Morgan fingerprint density at radius 3 is 2.40 bits per heavy atom. The molecule has 2 aliphatic heterocycles. The Bertz CT molecular complexity index is 1340. The van der Waals surface area contributed by atoms with Crippen LogP contribution in [-0.2, 0) is 38.9 Å². The Hall–Kier alpha value is -2.76. The van der Waals surface area contributed by atoms with E-state index in [0.717, 1.165) is 23.6 Å². The van der Waals surface area contributed by atoms with Crippen LogP contribution in [0.15, 0.2) is 41.6 Å². The minimum Gasteiger partial charge on any atom is -0.477 e. The maximum atomic E-state index is 13.2. The van der Waals surface area contributed by atoms with Gasteiger partial charge in [0.1, 0.15) is 36.4 Å². The highest BCUT2D eigenvalue weighted by Gasteiger charge is 2.54. The van der Waals surface area contributed by atoms with E-state index < -0.39 is 67.9 Å². The summed E-state index contributed by atoms with van der Waals surface area (Å²) in [6.07, 6.45) is -1.49. The van der Waals surface area contributed by atoms with E-state index in [1.807, 2.05) is 4.72 Å². The maximum absolute atomic E-state index is 13.2. The van der Waals surface area contributed by atoms with E-state index in [4.69, 9.17) is 39.5 Å². The molecule has 2 aliphatic rings. The van der Waals surface area contributed by atoms with Crippen molar-refractivity contribution in [1.82, 2.24) is 19.7 Å². The number of thioether (sulfide) groups is 1. The highest BCUT2D eigenvalue weighted by Crippen LogP contribution is 2.40. The maximum Gasteiger partial charge on any atom is 0.422 e. The molecular formula is C21H21Cl3N4O10S2. The van der Waals surface area contributed by atoms with Gasteiger partial charge in [-0.15, -0.1) is 11.8 Å². The average molecular weight is 660 g/mol. The SMILES string of the molecule is CC(=O)OCC1=C(C(=O)O)N2C(=O)[C@@H](NC(=O)C(NS(=O)(=O)NC(=O)OCC(Cl)(Cl)Cl)c3ccccc3)[C@H]2SC1. The Balaban J connectivity index is 1.76. The number of carbonyl (C=O) groups excluding carboxylic acids is 4. The smallest absolute Gasteiger partial charge is 0.422 e. The number of amides is 3. The van der Waals surface area contributed by atoms with Crippen LogP contribution < -0.4 is 14.8 Å². The number of nitrogens with zero attached hydrogens (tertiary/aromatic N) is 1. The molecule has 1 aromatic carbocycles. The van der Waals surface area contributed by atoms with Gasteiger partial charge < -0.3 is 19.9 Å². The first-order valence-electron chi connectivity index (χ1n) is 11.0. The summed E-state index contributed by atoms with van der Waals surface area (Å²) in [6.45, 7) is 0.0582. The molecule has 0 aliphatic carbocycles. The van der Waals surface area contributed by atoms with E-state index in [-0.39, 0.29) is 29.2 Å². The van der Waals surface area contributed by atoms with Crippen molar-refractivity contribution in [3.63, 3.8) is 0 Å². The third kappa shape index (κ3) is 8.14. The van der Waals surface area contributed by atoms with Crippen LogP contribution in [0.25, 0.3) is 0 Å². The lowest BCUT2D eigenvalue weighted by atomic mass is 10.0. The van der Waals surface area contributed by atoms with Crippen molar-refractivity contribution in [1.29, 1.82) is 0 Å². The van der Waals surface area contributed by atoms with Gasteiger partial charge in [0, 0.05) is 18.2 Å². The second kappa shape index (κ2) is 12.8. The fraction of sp³-hybridized carbons (Fsp3) is 0.381. The Labute approximate surface area is 246 Å². The summed E-state index contributed by atoms with van der Waals surface area (Å²) in [5.74, 6) is -3.71. The number of benzene rings is 1. The Kier molecular flexibility index (Phi) is 10.2. The normalized spacial score (nSPS) is 19.6. The largest absolute Gasteiger partial charge is 0.477 e. The number of alkyl halides is 3. The molecule has 1 unspecified atom stereocenters. The van der Waals surface area contributed by atoms with Crippen LogP contribution in [0.2, 0.25) is 0 Å². The van der Waals surface area contributed by atoms with Gasteiger partial charge in [0.05, 0.1) is 0 Å². The molecular weight excluding hydrogens is 639 g/mol. The second-order valence-electron chi connectivity index (χ2n) is 8.19. The molecule has 0 aromatic heterocycles. The minimum atomic E-state index is -4.73. The van der Waals surface area contributed by atoms with E-state index in [2.05, 4.69) is 10.1 Å². The summed E-state index contributed by atoms with van der Waals surface area (Å²) in [4.78, 5) is 62.0. The summed E-state index contributed by atoms with van der Waals surface area (Å²) < 4.78 is 36.1. The number of carboxylic acids is 1. The third-order valence-corrected chi connectivity index (χ3v) is 7.90. The first-order chi connectivity index (χ1) is 18.6. The number of ether oxygens (including phenoxy) is 2. The fourth-order valence-corrected chi connectivity index (χ4v) is 5.99. The number of carboxylic acid groups (broad SMARTS) is 1. The lowest BCUT2D eigenvalue weighted by molar-refractivity contribution is -0.151. The summed E-state index contributed by atoms with van der Waals surface area (Å²) in [7, 11) is -4.73. The van der Waals surface area contributed by atoms with Gasteiger partial charge in [-0.3, -0.25) is 19.3 Å². The molecule has 3 rings (SSSR count). The molecule has 0 saturated carbocycles. The zero-order chi connectivity index (χ0) is 29.8. The highest BCUT2D eigenvalue weighted by molar-refractivity contribution is 8.00. The van der Waals surface area contributed by atoms with E-state index in [1.54, 1.807) is 6.07 Å². The van der Waals surface area contributed by atoms with Crippen LogP contribution in [0.5, 0.6) is 0 Å². The predicted molar refractivity (Wildman–Crippen MR) is 142 cm³/mol. The van der Waals surface area contributed by atoms with E-state index in [0.29, 0.717) is 0 Å². The molecule has 2 heterocycles. The quantitative estimate of drug-likeness (QED) is 0.159. The number of rotatable bonds is 10. The Morgan fingerprint density at radius 2 is 1.82 bits per heavy atom. The number of carbonyl (C=O) groups is 5. The monoisotopic (exact) mass is 658 g/mol. The lowest BCUT2D eigenvalue weighted by Crippen LogP contribution is -2.71. The molecule has 14 nitrogen and oxygen atoms in total. The molecule has 218 valence electrons. The highest BCUT2D eigenvalue weighted by atomic mass is 35.6. The van der Waals surface area contributed by atoms with E-state index in [9.17, 15) is 37.5 Å². The Morgan fingerprint density at radius 1 is 1.18 bits per heavy atom. The van der Waals surface area contributed by atoms with Crippen LogP contribution in [0.3, 0.4) is 0 Å². The topological polar surface area (TPSA) is 198 Å². The van der Waals surface area contributed by atoms with Crippen LogP contribution in [0.1, 0.15) is 18.5 Å². The number of nitrogens with one attached hydrogen (secondary N) is 3. The van der Waals surface area contributed by atoms with Crippen molar-refractivity contribution in [2.75, 3.05) is 19.0 Å². The molecule has 40 heavy (non-hydrogen) atoms. The summed E-state index contributed by atoms with van der Waals surface area (Å²) in [5, 5.41) is 11.3. The third-order valence-electron chi connectivity index (χ3n) is 5.25. The van der Waals surface area contributed by atoms with Gasteiger partial charge in [-0.25, -0.2) is 14.3 Å². The zero-order valence-electron chi connectivity index (χ0n) is 20.3. The number of aliphatic carboxylic acids is 1. The second-order valence-corrected chi connectivity index (χ2v) is 13.3. The molecule has 0 radical (unpaired) electrons. The summed E-state index contributed by atoms with van der Waals surface area (Å²) in [5.41, 5.74) is -0.0159. The molecule has 1 saturated heterocycles. The van der Waals surface area contributed by atoms with Gasteiger partial charge in [0.25, 0.3) is 5.91 Å². The van der Waals surface area contributed by atoms with Crippen molar-refractivity contribution < 1.29 is 47.0 Å².